The van der Waals surface area contributed by atoms with Crippen LogP contribution >= 0.6 is 24.0 Å². The highest BCUT2D eigenvalue weighted by Gasteiger charge is 2.34. The maximum absolute atomic E-state index is 9.43. The number of halogens is 1. The maximum Gasteiger partial charge on any atom is 0.224 e. The summed E-state index contributed by atoms with van der Waals surface area (Å²) < 4.78 is 17.5. The number of para-hydroxylation sites is 2. The maximum atomic E-state index is 9.43. The van der Waals surface area contributed by atoms with E-state index in [1.807, 2.05) is 36.4 Å². The Morgan fingerprint density at radius 1 is 1.21 bits per heavy atom. The Kier molecular flexibility index (Phi) is 11.7. The van der Waals surface area contributed by atoms with Crippen molar-refractivity contribution in [3.8, 4) is 17.4 Å². The van der Waals surface area contributed by atoms with Crippen LogP contribution in [0, 0.1) is 5.41 Å². The van der Waals surface area contributed by atoms with Gasteiger partial charge >= 0.3 is 0 Å². The number of rotatable bonds is 11. The first-order valence-corrected chi connectivity index (χ1v) is 11.2. The summed E-state index contributed by atoms with van der Waals surface area (Å²) in [4.78, 5) is 8.75. The quantitative estimate of drug-likeness (QED) is 0.215. The molecular weight excluding hydrogens is 535 g/mol. The van der Waals surface area contributed by atoms with Crippen molar-refractivity contribution in [2.75, 3.05) is 40.0 Å². The lowest BCUT2D eigenvalue weighted by atomic mass is 9.84. The molecule has 9 heteroatoms. The summed E-state index contributed by atoms with van der Waals surface area (Å²) in [6.45, 7) is 5.40. The Morgan fingerprint density at radius 3 is 2.73 bits per heavy atom. The fourth-order valence-electron chi connectivity index (χ4n) is 3.60. The third-order valence-electron chi connectivity index (χ3n) is 5.50. The summed E-state index contributed by atoms with van der Waals surface area (Å²) in [5.74, 6) is 2.53. The molecule has 1 fully saturated rings. The number of guanidine groups is 1. The number of hydrogen-bond acceptors (Lipinski definition) is 6. The number of hydrogen-bond donors (Lipinski definition) is 3. The van der Waals surface area contributed by atoms with Crippen LogP contribution in [-0.4, -0.2) is 56.1 Å². The van der Waals surface area contributed by atoms with E-state index in [-0.39, 0.29) is 36.0 Å². The van der Waals surface area contributed by atoms with Crippen LogP contribution in [0.5, 0.6) is 17.4 Å². The molecule has 1 aromatic carbocycles. The fraction of sp³-hybridized carbons (Fsp3) is 0.500. The van der Waals surface area contributed by atoms with E-state index in [9.17, 15) is 5.11 Å². The highest BCUT2D eigenvalue weighted by molar-refractivity contribution is 14.0. The number of nitrogens with one attached hydrogen (secondary N) is 2. The third kappa shape index (κ3) is 8.01. The van der Waals surface area contributed by atoms with Gasteiger partial charge in [0.1, 0.15) is 0 Å². The normalized spacial score (nSPS) is 17.8. The first kappa shape index (κ1) is 27.1. The standard InChI is InChI=1S/C24H34N4O4.HI/c1-3-14-31-20-8-4-5-9-21(20)32-22-19(7-6-12-26-22)16-27-23(25-2)28-17-24(10-13-29)11-15-30-18-24;/h4-9,12,29H,3,10-11,13-18H2,1-2H3,(H2,25,27,28);1H. The molecule has 1 unspecified atom stereocenters. The molecule has 8 nitrogen and oxygen atoms in total. The Balaban J connectivity index is 0.00000385. The molecule has 3 rings (SSSR count). The molecule has 2 aromatic rings. The van der Waals surface area contributed by atoms with Crippen LogP contribution in [-0.2, 0) is 11.3 Å². The predicted octanol–water partition coefficient (Wildman–Crippen LogP) is 3.73. The van der Waals surface area contributed by atoms with Gasteiger partial charge in [0.25, 0.3) is 0 Å². The van der Waals surface area contributed by atoms with Gasteiger partial charge in [-0.25, -0.2) is 4.98 Å². The van der Waals surface area contributed by atoms with Crippen molar-refractivity contribution in [2.24, 2.45) is 10.4 Å². The molecule has 0 bridgehead atoms. The van der Waals surface area contributed by atoms with Crippen LogP contribution in [0.3, 0.4) is 0 Å². The van der Waals surface area contributed by atoms with Crippen LogP contribution < -0.4 is 20.1 Å². The number of aromatic nitrogens is 1. The second kappa shape index (κ2) is 14.2. The van der Waals surface area contributed by atoms with E-state index in [1.54, 1.807) is 13.2 Å². The highest BCUT2D eigenvalue weighted by atomic mass is 127. The molecule has 1 aromatic heterocycles. The van der Waals surface area contributed by atoms with E-state index in [0.29, 0.717) is 56.1 Å². The average molecular weight is 570 g/mol. The van der Waals surface area contributed by atoms with Gasteiger partial charge in [-0.2, -0.15) is 0 Å². The summed E-state index contributed by atoms with van der Waals surface area (Å²) in [5.41, 5.74) is 0.840. The van der Waals surface area contributed by atoms with E-state index in [1.165, 1.54) is 0 Å². The molecule has 0 spiro atoms. The van der Waals surface area contributed by atoms with E-state index >= 15 is 0 Å². The number of nitrogens with zero attached hydrogens (tertiary/aromatic N) is 2. The molecular formula is C24H35IN4O4. The van der Waals surface area contributed by atoms with Gasteiger partial charge in [0.05, 0.1) is 13.2 Å². The van der Waals surface area contributed by atoms with Crippen molar-refractivity contribution in [3.63, 3.8) is 0 Å². The number of ether oxygens (including phenoxy) is 3. The van der Waals surface area contributed by atoms with E-state index in [2.05, 4.69) is 27.5 Å². The molecule has 1 saturated heterocycles. The zero-order valence-corrected chi connectivity index (χ0v) is 21.7. The SMILES string of the molecule is CCCOc1ccccc1Oc1ncccc1CNC(=NC)NCC1(CCO)CCOC1.I. The monoisotopic (exact) mass is 570 g/mol. The van der Waals surface area contributed by atoms with Crippen molar-refractivity contribution in [3.05, 3.63) is 48.2 Å². The molecule has 182 valence electrons. The minimum atomic E-state index is -0.0584. The first-order valence-electron chi connectivity index (χ1n) is 11.2. The smallest absolute Gasteiger partial charge is 0.224 e. The van der Waals surface area contributed by atoms with Crippen molar-refractivity contribution in [1.29, 1.82) is 0 Å². The van der Waals surface area contributed by atoms with E-state index < -0.39 is 0 Å². The van der Waals surface area contributed by atoms with Crippen molar-refractivity contribution in [1.82, 2.24) is 15.6 Å². The molecule has 0 aliphatic carbocycles. The van der Waals surface area contributed by atoms with E-state index in [0.717, 1.165) is 25.0 Å². The van der Waals surface area contributed by atoms with Gasteiger partial charge in [-0.05, 0) is 37.5 Å². The zero-order chi connectivity index (χ0) is 22.7. The Morgan fingerprint density at radius 2 is 2.03 bits per heavy atom. The number of pyridine rings is 1. The lowest BCUT2D eigenvalue weighted by Crippen LogP contribution is -2.44. The molecule has 0 radical (unpaired) electrons. The Bertz CT molecular complexity index is 875. The zero-order valence-electron chi connectivity index (χ0n) is 19.4. The molecule has 1 atom stereocenters. The lowest BCUT2D eigenvalue weighted by molar-refractivity contribution is 0.127. The van der Waals surface area contributed by atoms with Gasteiger partial charge in [-0.15, -0.1) is 24.0 Å². The van der Waals surface area contributed by atoms with Crippen LogP contribution in [0.1, 0.15) is 31.7 Å². The van der Waals surface area contributed by atoms with Crippen molar-refractivity contribution >= 4 is 29.9 Å². The number of benzene rings is 1. The molecule has 1 aliphatic rings. The summed E-state index contributed by atoms with van der Waals surface area (Å²) >= 11 is 0. The first-order chi connectivity index (χ1) is 15.7. The van der Waals surface area contributed by atoms with Gasteiger partial charge in [0.15, 0.2) is 17.5 Å². The highest BCUT2D eigenvalue weighted by Crippen LogP contribution is 2.32. The number of aliphatic imine (C=N–C) groups is 1. The van der Waals surface area contributed by atoms with Gasteiger partial charge in [-0.1, -0.05) is 25.1 Å². The largest absolute Gasteiger partial charge is 0.490 e. The summed E-state index contributed by atoms with van der Waals surface area (Å²) in [6.07, 6.45) is 4.26. The second-order valence-corrected chi connectivity index (χ2v) is 7.92. The molecule has 1 aliphatic heterocycles. The minimum absolute atomic E-state index is 0. The van der Waals surface area contributed by atoms with Gasteiger partial charge in [0.2, 0.25) is 5.88 Å². The Labute approximate surface area is 213 Å². The van der Waals surface area contributed by atoms with Crippen LogP contribution in [0.2, 0.25) is 0 Å². The average Bonchev–Trinajstić information content (AvgIpc) is 3.28. The summed E-state index contributed by atoms with van der Waals surface area (Å²) in [7, 11) is 1.74. The topological polar surface area (TPSA) is 97.2 Å². The molecule has 0 saturated carbocycles. The fourth-order valence-corrected chi connectivity index (χ4v) is 3.60. The van der Waals surface area contributed by atoms with Gasteiger partial charge < -0.3 is 30.0 Å². The van der Waals surface area contributed by atoms with Gasteiger partial charge in [-0.3, -0.25) is 4.99 Å². The molecule has 2 heterocycles. The Hall–Kier alpha value is -2.11. The van der Waals surface area contributed by atoms with Crippen LogP contribution in [0.25, 0.3) is 0 Å². The van der Waals surface area contributed by atoms with Crippen molar-refractivity contribution < 1.29 is 19.3 Å². The van der Waals surface area contributed by atoms with Crippen molar-refractivity contribution in [2.45, 2.75) is 32.7 Å². The third-order valence-corrected chi connectivity index (χ3v) is 5.50. The molecule has 0 amide bonds. The summed E-state index contributed by atoms with van der Waals surface area (Å²) in [6, 6.07) is 11.5. The number of aliphatic hydroxyl groups excluding tert-OH is 1. The van der Waals surface area contributed by atoms with Crippen LogP contribution in [0.15, 0.2) is 47.6 Å². The predicted molar refractivity (Wildman–Crippen MR) is 140 cm³/mol. The van der Waals surface area contributed by atoms with Gasteiger partial charge in [0, 0.05) is 50.5 Å². The molecule has 3 N–H and O–H groups in total. The lowest BCUT2D eigenvalue weighted by Gasteiger charge is -2.27. The molecule has 33 heavy (non-hydrogen) atoms. The van der Waals surface area contributed by atoms with E-state index in [4.69, 9.17) is 14.2 Å². The second-order valence-electron chi connectivity index (χ2n) is 7.92. The summed E-state index contributed by atoms with van der Waals surface area (Å²) in [5, 5.41) is 16.1. The minimum Gasteiger partial charge on any atom is -0.490 e. The van der Waals surface area contributed by atoms with Crippen LogP contribution in [0.4, 0.5) is 0 Å². The number of aliphatic hydroxyl groups is 1.